The van der Waals surface area contributed by atoms with Crippen LogP contribution in [-0.2, 0) is 10.0 Å². The van der Waals surface area contributed by atoms with Crippen LogP contribution < -0.4 is 0 Å². The van der Waals surface area contributed by atoms with Gasteiger partial charge in [-0.1, -0.05) is 24.3 Å². The molecule has 26 heavy (non-hydrogen) atoms. The lowest BCUT2D eigenvalue weighted by Gasteiger charge is -2.21. The van der Waals surface area contributed by atoms with Crippen molar-refractivity contribution in [3.63, 3.8) is 0 Å². The molecule has 1 aliphatic rings. The number of aryl methyl sites for hydroxylation is 2. The molecule has 0 saturated heterocycles. The van der Waals surface area contributed by atoms with Crippen LogP contribution in [-0.4, -0.2) is 37.4 Å². The van der Waals surface area contributed by atoms with Gasteiger partial charge >= 0.3 is 0 Å². The van der Waals surface area contributed by atoms with Gasteiger partial charge in [0, 0.05) is 36.3 Å². The van der Waals surface area contributed by atoms with Crippen molar-refractivity contribution >= 4 is 26.5 Å². The first kappa shape index (κ1) is 17.1. The number of benzene rings is 1. The number of nitrogens with zero attached hydrogens (tertiary/aromatic N) is 2. The van der Waals surface area contributed by atoms with Gasteiger partial charge in [0.05, 0.1) is 5.52 Å². The minimum atomic E-state index is -3.72. The first-order valence-electron chi connectivity index (χ1n) is 8.68. The number of likely N-dealkylation sites (N-methyl/N-ethyl adjacent to an activating group) is 1. The van der Waals surface area contributed by atoms with Gasteiger partial charge in [0.1, 0.15) is 16.4 Å². The minimum absolute atomic E-state index is 0.222. The Morgan fingerprint density at radius 3 is 2.58 bits per heavy atom. The maximum Gasteiger partial charge on any atom is 0.271 e. The van der Waals surface area contributed by atoms with E-state index >= 15 is 0 Å². The van der Waals surface area contributed by atoms with Crippen LogP contribution in [0.4, 0.5) is 0 Å². The van der Waals surface area contributed by atoms with Gasteiger partial charge < -0.3 is 9.32 Å². The van der Waals surface area contributed by atoms with Gasteiger partial charge in [-0.15, -0.1) is 0 Å². The molecule has 5 nitrogen and oxygen atoms in total. The average Bonchev–Trinajstić information content (AvgIpc) is 3.16. The predicted molar refractivity (Wildman–Crippen MR) is 103 cm³/mol. The van der Waals surface area contributed by atoms with E-state index in [-0.39, 0.29) is 4.90 Å². The fourth-order valence-electron chi connectivity index (χ4n) is 3.59. The third-order valence-electron chi connectivity index (χ3n) is 4.97. The summed E-state index contributed by atoms with van der Waals surface area (Å²) in [5.74, 6) is 1.01. The molecule has 6 heteroatoms. The van der Waals surface area contributed by atoms with Crippen molar-refractivity contribution < 1.29 is 12.8 Å². The normalized spacial score (nSPS) is 16.2. The third-order valence-corrected chi connectivity index (χ3v) is 6.75. The van der Waals surface area contributed by atoms with E-state index in [2.05, 4.69) is 18.0 Å². The lowest BCUT2D eigenvalue weighted by atomic mass is 9.99. The molecule has 0 saturated carbocycles. The zero-order valence-corrected chi connectivity index (χ0v) is 16.0. The van der Waals surface area contributed by atoms with Crippen molar-refractivity contribution in [3.8, 4) is 0 Å². The Bertz CT molecular complexity index is 1120. The van der Waals surface area contributed by atoms with Crippen LogP contribution in [0, 0.1) is 13.8 Å². The highest BCUT2D eigenvalue weighted by molar-refractivity contribution is 7.90. The van der Waals surface area contributed by atoms with E-state index in [1.165, 1.54) is 9.55 Å². The standard InChI is InChI=1S/C20H22N2O3S/c1-14-12-20(15(2)25-14)26(23,24)22-13-18(16-8-10-21(3)11-9-16)17-6-4-5-7-19(17)22/h4-8,12-13H,9-11H2,1-3H3. The molecule has 0 radical (unpaired) electrons. The molecule has 0 atom stereocenters. The maximum absolute atomic E-state index is 13.3. The van der Waals surface area contributed by atoms with Crippen molar-refractivity contribution in [1.82, 2.24) is 8.87 Å². The first-order chi connectivity index (χ1) is 12.4. The van der Waals surface area contributed by atoms with E-state index in [0.717, 1.165) is 30.5 Å². The fraction of sp³-hybridized carbons (Fsp3) is 0.300. The molecule has 2 aromatic heterocycles. The van der Waals surface area contributed by atoms with Crippen LogP contribution >= 0.6 is 0 Å². The second-order valence-electron chi connectivity index (χ2n) is 6.88. The SMILES string of the molecule is Cc1cc(S(=O)(=O)n2cc(C3=CCN(C)CC3)c3ccccc32)c(C)o1. The van der Waals surface area contributed by atoms with Gasteiger partial charge in [0.25, 0.3) is 10.0 Å². The molecular weight excluding hydrogens is 348 g/mol. The highest BCUT2D eigenvalue weighted by Gasteiger charge is 2.26. The fourth-order valence-corrected chi connectivity index (χ4v) is 5.18. The number of rotatable bonds is 3. The van der Waals surface area contributed by atoms with Crippen molar-refractivity contribution in [2.75, 3.05) is 20.1 Å². The number of furan rings is 1. The van der Waals surface area contributed by atoms with E-state index in [4.69, 9.17) is 4.42 Å². The van der Waals surface area contributed by atoms with Gasteiger partial charge in [0.15, 0.2) is 0 Å². The summed E-state index contributed by atoms with van der Waals surface area (Å²) < 4.78 is 33.5. The van der Waals surface area contributed by atoms with E-state index < -0.39 is 10.0 Å². The predicted octanol–water partition coefficient (Wildman–Crippen LogP) is 3.81. The molecule has 0 fully saturated rings. The lowest BCUT2D eigenvalue weighted by molar-refractivity contribution is 0.370. The van der Waals surface area contributed by atoms with Gasteiger partial charge in [-0.25, -0.2) is 12.4 Å². The number of aromatic nitrogens is 1. The lowest BCUT2D eigenvalue weighted by Crippen LogP contribution is -2.23. The van der Waals surface area contributed by atoms with Crippen LogP contribution in [0.3, 0.4) is 0 Å². The number of para-hydroxylation sites is 1. The Morgan fingerprint density at radius 1 is 1.15 bits per heavy atom. The Morgan fingerprint density at radius 2 is 1.92 bits per heavy atom. The summed E-state index contributed by atoms with van der Waals surface area (Å²) in [5.41, 5.74) is 2.89. The Labute approximate surface area is 153 Å². The monoisotopic (exact) mass is 370 g/mol. The van der Waals surface area contributed by atoms with E-state index in [1.807, 2.05) is 24.3 Å². The molecule has 1 aromatic carbocycles. The van der Waals surface area contributed by atoms with Gasteiger partial charge in [-0.3, -0.25) is 0 Å². The molecule has 4 rings (SSSR count). The van der Waals surface area contributed by atoms with E-state index in [9.17, 15) is 8.42 Å². The largest absolute Gasteiger partial charge is 0.465 e. The summed E-state index contributed by atoms with van der Waals surface area (Å²) in [5, 5.41) is 0.963. The maximum atomic E-state index is 13.3. The Hall–Kier alpha value is -2.31. The highest BCUT2D eigenvalue weighted by Crippen LogP contribution is 2.33. The van der Waals surface area contributed by atoms with Crippen molar-refractivity contribution in [2.24, 2.45) is 0 Å². The van der Waals surface area contributed by atoms with Crippen LogP contribution in [0.5, 0.6) is 0 Å². The quantitative estimate of drug-likeness (QED) is 0.704. The molecule has 3 heterocycles. The average molecular weight is 370 g/mol. The third kappa shape index (κ3) is 2.70. The molecule has 1 aliphatic heterocycles. The van der Waals surface area contributed by atoms with Crippen molar-refractivity contribution in [2.45, 2.75) is 25.2 Å². The van der Waals surface area contributed by atoms with Crippen LogP contribution in [0.25, 0.3) is 16.5 Å². The topological polar surface area (TPSA) is 55.5 Å². The summed E-state index contributed by atoms with van der Waals surface area (Å²) in [6.45, 7) is 5.29. The highest BCUT2D eigenvalue weighted by atomic mass is 32.2. The number of hydrogen-bond acceptors (Lipinski definition) is 4. The Balaban J connectivity index is 1.93. The zero-order chi connectivity index (χ0) is 18.5. The molecule has 0 spiro atoms. The van der Waals surface area contributed by atoms with Gasteiger partial charge in [-0.2, -0.15) is 0 Å². The second kappa shape index (κ2) is 6.14. The molecule has 0 N–H and O–H groups in total. The summed E-state index contributed by atoms with van der Waals surface area (Å²) in [4.78, 5) is 2.47. The van der Waals surface area contributed by atoms with E-state index in [0.29, 0.717) is 17.0 Å². The van der Waals surface area contributed by atoms with Crippen LogP contribution in [0.2, 0.25) is 0 Å². The van der Waals surface area contributed by atoms with Gasteiger partial charge in [0.2, 0.25) is 0 Å². The summed E-state index contributed by atoms with van der Waals surface area (Å²) in [7, 11) is -1.63. The number of fused-ring (bicyclic) bond motifs is 1. The van der Waals surface area contributed by atoms with Crippen molar-refractivity contribution in [3.05, 3.63) is 59.7 Å². The second-order valence-corrected chi connectivity index (χ2v) is 8.66. The van der Waals surface area contributed by atoms with E-state index in [1.54, 1.807) is 26.1 Å². The molecule has 0 aliphatic carbocycles. The molecule has 0 unspecified atom stereocenters. The smallest absolute Gasteiger partial charge is 0.271 e. The zero-order valence-electron chi connectivity index (χ0n) is 15.2. The van der Waals surface area contributed by atoms with Gasteiger partial charge in [-0.05, 0) is 39.0 Å². The van der Waals surface area contributed by atoms with Crippen molar-refractivity contribution in [1.29, 1.82) is 0 Å². The summed E-state index contributed by atoms with van der Waals surface area (Å²) >= 11 is 0. The number of hydrogen-bond donors (Lipinski definition) is 0. The molecule has 136 valence electrons. The first-order valence-corrected chi connectivity index (χ1v) is 10.1. The summed E-state index contributed by atoms with van der Waals surface area (Å²) in [6, 6.07) is 9.26. The molecule has 3 aromatic rings. The summed E-state index contributed by atoms with van der Waals surface area (Å²) in [6.07, 6.45) is 4.86. The molecular formula is C20H22N2O3S. The molecule has 0 amide bonds. The minimum Gasteiger partial charge on any atom is -0.465 e. The molecule has 0 bridgehead atoms. The Kier molecular flexibility index (Phi) is 4.04. The van der Waals surface area contributed by atoms with Crippen LogP contribution in [0.1, 0.15) is 23.5 Å². The van der Waals surface area contributed by atoms with Crippen LogP contribution in [0.15, 0.2) is 51.9 Å².